The zero-order valence-corrected chi connectivity index (χ0v) is 10.3. The van der Waals surface area contributed by atoms with Crippen LogP contribution in [0.3, 0.4) is 0 Å². The number of halogens is 2. The summed E-state index contributed by atoms with van der Waals surface area (Å²) in [5.41, 5.74) is 1.02. The summed E-state index contributed by atoms with van der Waals surface area (Å²) < 4.78 is 32.1. The van der Waals surface area contributed by atoms with E-state index in [1.165, 1.54) is 6.92 Å². The molecule has 0 aliphatic rings. The maximum absolute atomic E-state index is 13.7. The Labute approximate surface area is 104 Å². The Morgan fingerprint density at radius 3 is 2.72 bits per heavy atom. The van der Waals surface area contributed by atoms with Gasteiger partial charge in [0.25, 0.3) is 0 Å². The molecule has 18 heavy (non-hydrogen) atoms. The van der Waals surface area contributed by atoms with Crippen molar-refractivity contribution >= 4 is 0 Å². The Morgan fingerprint density at radius 2 is 2.00 bits per heavy atom. The molecule has 1 aromatic heterocycles. The second-order valence-electron chi connectivity index (χ2n) is 4.04. The van der Waals surface area contributed by atoms with Crippen molar-refractivity contribution in [1.29, 1.82) is 0 Å². The molecule has 1 heterocycles. The molecule has 0 fully saturated rings. The monoisotopic (exact) mass is 252 g/mol. The van der Waals surface area contributed by atoms with Crippen LogP contribution in [0, 0.1) is 18.6 Å². The molecule has 0 unspecified atom stereocenters. The van der Waals surface area contributed by atoms with E-state index in [2.05, 4.69) is 10.5 Å². The van der Waals surface area contributed by atoms with E-state index >= 15 is 0 Å². The fourth-order valence-electron chi connectivity index (χ4n) is 1.61. The number of aromatic nitrogens is 1. The highest BCUT2D eigenvalue weighted by atomic mass is 19.1. The van der Waals surface area contributed by atoms with E-state index in [0.717, 1.165) is 18.7 Å². The van der Waals surface area contributed by atoms with Gasteiger partial charge < -0.3 is 9.84 Å². The SMILES string of the molecule is CCNCc1cc(-c2cc(F)c(C)cc2F)on1. The predicted octanol–water partition coefficient (Wildman–Crippen LogP) is 3.04. The lowest BCUT2D eigenvalue weighted by atomic mass is 10.1. The third-order valence-corrected chi connectivity index (χ3v) is 2.63. The first-order valence-corrected chi connectivity index (χ1v) is 5.74. The lowest BCUT2D eigenvalue weighted by Gasteiger charge is -2.01. The van der Waals surface area contributed by atoms with Crippen molar-refractivity contribution in [1.82, 2.24) is 10.5 Å². The summed E-state index contributed by atoms with van der Waals surface area (Å²) in [7, 11) is 0. The van der Waals surface area contributed by atoms with Crippen LogP contribution in [0.4, 0.5) is 8.78 Å². The Balaban J connectivity index is 2.31. The van der Waals surface area contributed by atoms with Crippen LogP contribution < -0.4 is 5.32 Å². The van der Waals surface area contributed by atoms with Crippen molar-refractivity contribution < 1.29 is 13.3 Å². The summed E-state index contributed by atoms with van der Waals surface area (Å²) in [6.07, 6.45) is 0. The summed E-state index contributed by atoms with van der Waals surface area (Å²) in [5, 5.41) is 6.87. The van der Waals surface area contributed by atoms with Gasteiger partial charge in [0, 0.05) is 12.6 Å². The second kappa shape index (κ2) is 5.27. The van der Waals surface area contributed by atoms with Gasteiger partial charge in [-0.2, -0.15) is 0 Å². The first-order chi connectivity index (χ1) is 8.61. The molecule has 5 heteroatoms. The summed E-state index contributed by atoms with van der Waals surface area (Å²) in [6.45, 7) is 4.82. The Morgan fingerprint density at radius 1 is 1.22 bits per heavy atom. The molecule has 0 spiro atoms. The molecule has 96 valence electrons. The molecule has 1 N–H and O–H groups in total. The maximum atomic E-state index is 13.7. The summed E-state index contributed by atoms with van der Waals surface area (Å²) in [5.74, 6) is -0.740. The van der Waals surface area contributed by atoms with E-state index in [1.54, 1.807) is 6.07 Å². The van der Waals surface area contributed by atoms with Crippen molar-refractivity contribution in [3.63, 3.8) is 0 Å². The van der Waals surface area contributed by atoms with Gasteiger partial charge >= 0.3 is 0 Å². The maximum Gasteiger partial charge on any atom is 0.170 e. The topological polar surface area (TPSA) is 38.1 Å². The summed E-state index contributed by atoms with van der Waals surface area (Å²) in [4.78, 5) is 0. The number of nitrogens with one attached hydrogen (secondary N) is 1. The molecule has 3 nitrogen and oxygen atoms in total. The zero-order chi connectivity index (χ0) is 13.1. The number of hydrogen-bond donors (Lipinski definition) is 1. The van der Waals surface area contributed by atoms with Gasteiger partial charge in [-0.05, 0) is 31.2 Å². The lowest BCUT2D eigenvalue weighted by molar-refractivity contribution is 0.418. The standard InChI is InChI=1S/C13H14F2N2O/c1-3-16-7-9-5-13(18-17-9)10-6-11(14)8(2)4-12(10)15/h4-6,16H,3,7H2,1-2H3. The van der Waals surface area contributed by atoms with Crippen molar-refractivity contribution in [3.8, 4) is 11.3 Å². The minimum absolute atomic E-state index is 0.0911. The molecule has 0 aliphatic heterocycles. The number of benzene rings is 1. The van der Waals surface area contributed by atoms with E-state index in [0.29, 0.717) is 12.2 Å². The van der Waals surface area contributed by atoms with Crippen molar-refractivity contribution in [3.05, 3.63) is 41.1 Å². The van der Waals surface area contributed by atoms with Gasteiger partial charge in [-0.1, -0.05) is 12.1 Å². The van der Waals surface area contributed by atoms with Crippen molar-refractivity contribution in [2.75, 3.05) is 6.54 Å². The molecule has 2 rings (SSSR count). The molecule has 1 aromatic carbocycles. The Bertz CT molecular complexity index is 552. The van der Waals surface area contributed by atoms with Gasteiger partial charge in [0.05, 0.1) is 11.3 Å². The van der Waals surface area contributed by atoms with Crippen molar-refractivity contribution in [2.24, 2.45) is 0 Å². The summed E-state index contributed by atoms with van der Waals surface area (Å²) >= 11 is 0. The van der Waals surface area contributed by atoms with Crippen LogP contribution >= 0.6 is 0 Å². The third kappa shape index (κ3) is 2.56. The molecule has 0 saturated heterocycles. The predicted molar refractivity (Wildman–Crippen MR) is 64.0 cm³/mol. The molecular formula is C13H14F2N2O. The lowest BCUT2D eigenvalue weighted by Crippen LogP contribution is -2.11. The average molecular weight is 252 g/mol. The normalized spacial score (nSPS) is 10.9. The van der Waals surface area contributed by atoms with Crippen LogP contribution in [0.2, 0.25) is 0 Å². The quantitative estimate of drug-likeness (QED) is 0.908. The van der Waals surface area contributed by atoms with Crippen LogP contribution in [-0.4, -0.2) is 11.7 Å². The summed E-state index contributed by atoms with van der Waals surface area (Å²) in [6, 6.07) is 3.88. The van der Waals surface area contributed by atoms with Crippen LogP contribution in [0.15, 0.2) is 22.7 Å². The molecule has 0 radical (unpaired) electrons. The highest BCUT2D eigenvalue weighted by molar-refractivity contribution is 5.59. The second-order valence-corrected chi connectivity index (χ2v) is 4.04. The minimum Gasteiger partial charge on any atom is -0.356 e. The molecule has 0 amide bonds. The van der Waals surface area contributed by atoms with E-state index < -0.39 is 11.6 Å². The fraction of sp³-hybridized carbons (Fsp3) is 0.308. The van der Waals surface area contributed by atoms with Crippen LogP contribution in [0.1, 0.15) is 18.2 Å². The first-order valence-electron chi connectivity index (χ1n) is 5.74. The Kier molecular flexibility index (Phi) is 3.72. The van der Waals surface area contributed by atoms with E-state index in [4.69, 9.17) is 4.52 Å². The van der Waals surface area contributed by atoms with E-state index in [-0.39, 0.29) is 16.9 Å². The number of hydrogen-bond acceptors (Lipinski definition) is 3. The first kappa shape index (κ1) is 12.7. The van der Waals surface area contributed by atoms with Gasteiger partial charge in [0.1, 0.15) is 11.6 Å². The van der Waals surface area contributed by atoms with Gasteiger partial charge in [-0.3, -0.25) is 0 Å². The van der Waals surface area contributed by atoms with Crippen LogP contribution in [0.5, 0.6) is 0 Å². The molecule has 0 saturated carbocycles. The van der Waals surface area contributed by atoms with Gasteiger partial charge in [-0.25, -0.2) is 8.78 Å². The number of rotatable bonds is 4. The molecule has 0 atom stereocenters. The third-order valence-electron chi connectivity index (χ3n) is 2.63. The zero-order valence-electron chi connectivity index (χ0n) is 10.3. The number of nitrogens with zero attached hydrogens (tertiary/aromatic N) is 1. The molecule has 0 aliphatic carbocycles. The highest BCUT2D eigenvalue weighted by Crippen LogP contribution is 2.26. The van der Waals surface area contributed by atoms with Gasteiger partial charge in [-0.15, -0.1) is 0 Å². The highest BCUT2D eigenvalue weighted by Gasteiger charge is 2.14. The van der Waals surface area contributed by atoms with Crippen LogP contribution in [0.25, 0.3) is 11.3 Å². The molecular weight excluding hydrogens is 238 g/mol. The van der Waals surface area contributed by atoms with Crippen LogP contribution in [-0.2, 0) is 6.54 Å². The van der Waals surface area contributed by atoms with Gasteiger partial charge in [0.2, 0.25) is 0 Å². The average Bonchev–Trinajstić information content (AvgIpc) is 2.79. The Hall–Kier alpha value is -1.75. The van der Waals surface area contributed by atoms with E-state index in [1.807, 2.05) is 6.92 Å². The minimum atomic E-state index is -0.514. The van der Waals surface area contributed by atoms with Gasteiger partial charge in [0.15, 0.2) is 5.76 Å². The number of aryl methyl sites for hydroxylation is 1. The molecule has 0 bridgehead atoms. The fourth-order valence-corrected chi connectivity index (χ4v) is 1.61. The van der Waals surface area contributed by atoms with Crippen molar-refractivity contribution in [2.45, 2.75) is 20.4 Å². The smallest absolute Gasteiger partial charge is 0.170 e. The van der Waals surface area contributed by atoms with E-state index in [9.17, 15) is 8.78 Å². The molecule has 2 aromatic rings. The largest absolute Gasteiger partial charge is 0.356 e.